The van der Waals surface area contributed by atoms with Crippen molar-refractivity contribution in [3.05, 3.63) is 30.1 Å². The maximum absolute atomic E-state index is 11.2. The fourth-order valence-electron chi connectivity index (χ4n) is 1.04. The Labute approximate surface area is 89.8 Å². The van der Waals surface area contributed by atoms with Crippen LogP contribution in [0.15, 0.2) is 24.4 Å². The average Bonchev–Trinajstić information content (AvgIpc) is 2.58. The molecule has 0 saturated heterocycles. The van der Waals surface area contributed by atoms with Crippen LogP contribution in [0.3, 0.4) is 0 Å². The molecule has 1 aromatic rings. The maximum Gasteiger partial charge on any atom is 0.332 e. The highest BCUT2D eigenvalue weighted by molar-refractivity contribution is 5.86. The summed E-state index contributed by atoms with van der Waals surface area (Å²) in [5.74, 6) is -0.329. The molecule has 0 atom stereocenters. The summed E-state index contributed by atoms with van der Waals surface area (Å²) in [5.41, 5.74) is 0.969. The van der Waals surface area contributed by atoms with Gasteiger partial charge >= 0.3 is 5.97 Å². The fourth-order valence-corrected chi connectivity index (χ4v) is 1.04. The van der Waals surface area contributed by atoms with Crippen molar-refractivity contribution < 1.29 is 9.53 Å². The van der Waals surface area contributed by atoms with E-state index in [1.54, 1.807) is 11.0 Å². The molecule has 0 amide bonds. The van der Waals surface area contributed by atoms with Crippen molar-refractivity contribution in [2.45, 2.75) is 0 Å². The van der Waals surface area contributed by atoms with Crippen LogP contribution in [0.2, 0.25) is 0 Å². The highest BCUT2D eigenvalue weighted by Gasteiger charge is 1.98. The van der Waals surface area contributed by atoms with Crippen LogP contribution in [-0.4, -0.2) is 36.3 Å². The van der Waals surface area contributed by atoms with E-state index in [1.165, 1.54) is 6.08 Å². The van der Waals surface area contributed by atoms with E-state index in [9.17, 15) is 4.79 Å². The minimum atomic E-state index is -0.329. The van der Waals surface area contributed by atoms with E-state index in [1.807, 2.05) is 44.0 Å². The molecule has 0 aromatic carbocycles. The standard InChI is InChI=1S/C11H16N2O2/c1-12(2)9-15-11(14)7-6-10-5-4-8-13(10)3/h4-8H,9H2,1-3H3/b7-6+. The van der Waals surface area contributed by atoms with Gasteiger partial charge in [0.2, 0.25) is 0 Å². The van der Waals surface area contributed by atoms with Crippen molar-refractivity contribution >= 4 is 12.0 Å². The molecule has 15 heavy (non-hydrogen) atoms. The number of aryl methyl sites for hydroxylation is 1. The van der Waals surface area contributed by atoms with Gasteiger partial charge in [0.15, 0.2) is 0 Å². The third-order valence-electron chi connectivity index (χ3n) is 1.84. The Bertz CT molecular complexity index is 353. The lowest BCUT2D eigenvalue weighted by Crippen LogP contribution is -2.18. The summed E-state index contributed by atoms with van der Waals surface area (Å²) in [5, 5.41) is 0. The minimum absolute atomic E-state index is 0.302. The van der Waals surface area contributed by atoms with Crippen molar-refractivity contribution in [2.75, 3.05) is 20.8 Å². The van der Waals surface area contributed by atoms with Crippen molar-refractivity contribution in [1.82, 2.24) is 9.47 Å². The number of ether oxygens (including phenoxy) is 1. The molecule has 0 aliphatic carbocycles. The molecule has 0 radical (unpaired) electrons. The highest BCUT2D eigenvalue weighted by atomic mass is 16.5. The topological polar surface area (TPSA) is 34.5 Å². The zero-order valence-electron chi connectivity index (χ0n) is 9.30. The van der Waals surface area contributed by atoms with E-state index in [-0.39, 0.29) is 5.97 Å². The predicted molar refractivity (Wildman–Crippen MR) is 59.1 cm³/mol. The second-order valence-corrected chi connectivity index (χ2v) is 3.55. The molecular formula is C11H16N2O2. The molecule has 0 aliphatic heterocycles. The fraction of sp³-hybridized carbons (Fsp3) is 0.364. The van der Waals surface area contributed by atoms with Crippen molar-refractivity contribution in [3.8, 4) is 0 Å². The number of nitrogens with zero attached hydrogens (tertiary/aromatic N) is 2. The minimum Gasteiger partial charge on any atom is -0.446 e. The third-order valence-corrected chi connectivity index (χ3v) is 1.84. The van der Waals surface area contributed by atoms with Gasteiger partial charge < -0.3 is 9.30 Å². The predicted octanol–water partition coefficient (Wildman–Crippen LogP) is 1.10. The van der Waals surface area contributed by atoms with Gasteiger partial charge in [-0.1, -0.05) is 0 Å². The molecular weight excluding hydrogens is 192 g/mol. The summed E-state index contributed by atoms with van der Waals surface area (Å²) in [6, 6.07) is 3.85. The molecule has 0 N–H and O–H groups in total. The second kappa shape index (κ2) is 5.36. The van der Waals surface area contributed by atoms with Crippen LogP contribution in [0.5, 0.6) is 0 Å². The summed E-state index contributed by atoms with van der Waals surface area (Å²) < 4.78 is 6.86. The molecule has 4 nitrogen and oxygen atoms in total. The molecule has 0 spiro atoms. The van der Waals surface area contributed by atoms with E-state index >= 15 is 0 Å². The lowest BCUT2D eigenvalue weighted by Gasteiger charge is -2.08. The highest BCUT2D eigenvalue weighted by Crippen LogP contribution is 2.02. The maximum atomic E-state index is 11.2. The van der Waals surface area contributed by atoms with Crippen LogP contribution in [0.25, 0.3) is 6.08 Å². The Balaban J connectivity index is 2.44. The molecule has 1 aromatic heterocycles. The zero-order valence-corrected chi connectivity index (χ0v) is 9.30. The number of rotatable bonds is 4. The first-order valence-electron chi connectivity index (χ1n) is 4.70. The van der Waals surface area contributed by atoms with Crippen molar-refractivity contribution in [1.29, 1.82) is 0 Å². The summed E-state index contributed by atoms with van der Waals surface area (Å²) in [7, 11) is 5.60. The summed E-state index contributed by atoms with van der Waals surface area (Å²) in [4.78, 5) is 13.0. The molecule has 0 saturated carbocycles. The molecule has 4 heteroatoms. The van der Waals surface area contributed by atoms with Gasteiger partial charge in [-0.15, -0.1) is 0 Å². The van der Waals surface area contributed by atoms with Gasteiger partial charge in [0.05, 0.1) is 0 Å². The monoisotopic (exact) mass is 208 g/mol. The third kappa shape index (κ3) is 3.99. The summed E-state index contributed by atoms with van der Waals surface area (Å²) in [6.45, 7) is 0.302. The summed E-state index contributed by atoms with van der Waals surface area (Å²) in [6.07, 6.45) is 5.08. The van der Waals surface area contributed by atoms with E-state index in [2.05, 4.69) is 0 Å². The van der Waals surface area contributed by atoms with Gasteiger partial charge in [-0.2, -0.15) is 0 Å². The van der Waals surface area contributed by atoms with E-state index in [0.717, 1.165) is 5.69 Å². The quantitative estimate of drug-likeness (QED) is 0.422. The number of carbonyl (C=O) groups is 1. The van der Waals surface area contributed by atoms with Gasteiger partial charge in [-0.3, -0.25) is 4.90 Å². The largest absolute Gasteiger partial charge is 0.446 e. The number of esters is 1. The molecule has 0 aliphatic rings. The van der Waals surface area contributed by atoms with Crippen molar-refractivity contribution in [2.24, 2.45) is 7.05 Å². The van der Waals surface area contributed by atoms with Gasteiger partial charge in [-0.25, -0.2) is 4.79 Å². The lowest BCUT2D eigenvalue weighted by molar-refractivity contribution is -0.141. The van der Waals surface area contributed by atoms with E-state index in [4.69, 9.17) is 4.74 Å². The molecule has 0 fully saturated rings. The first-order chi connectivity index (χ1) is 7.09. The van der Waals surface area contributed by atoms with Crippen LogP contribution in [0.4, 0.5) is 0 Å². The van der Waals surface area contributed by atoms with Crippen LogP contribution in [-0.2, 0) is 16.6 Å². The van der Waals surface area contributed by atoms with Crippen LogP contribution < -0.4 is 0 Å². The van der Waals surface area contributed by atoms with Gasteiger partial charge in [-0.05, 0) is 32.3 Å². The van der Waals surface area contributed by atoms with E-state index in [0.29, 0.717) is 6.73 Å². The number of aromatic nitrogens is 1. The Kier molecular flexibility index (Phi) is 4.12. The Morgan fingerprint density at radius 3 is 2.87 bits per heavy atom. The number of hydrogen-bond acceptors (Lipinski definition) is 3. The molecule has 1 rings (SSSR count). The first kappa shape index (κ1) is 11.5. The Hall–Kier alpha value is -1.55. The second-order valence-electron chi connectivity index (χ2n) is 3.55. The van der Waals surface area contributed by atoms with Gasteiger partial charge in [0.1, 0.15) is 6.73 Å². The number of carbonyl (C=O) groups excluding carboxylic acids is 1. The SMILES string of the molecule is CN(C)COC(=O)/C=C/c1cccn1C. The average molecular weight is 208 g/mol. The smallest absolute Gasteiger partial charge is 0.332 e. The number of hydrogen-bond donors (Lipinski definition) is 0. The zero-order chi connectivity index (χ0) is 11.3. The molecule has 0 bridgehead atoms. The van der Waals surface area contributed by atoms with Gasteiger partial charge in [0.25, 0.3) is 0 Å². The molecule has 82 valence electrons. The van der Waals surface area contributed by atoms with Crippen LogP contribution >= 0.6 is 0 Å². The normalized spacial score (nSPS) is 11.2. The first-order valence-corrected chi connectivity index (χ1v) is 4.70. The lowest BCUT2D eigenvalue weighted by atomic mass is 10.4. The van der Waals surface area contributed by atoms with Crippen LogP contribution in [0, 0.1) is 0 Å². The Morgan fingerprint density at radius 2 is 2.33 bits per heavy atom. The van der Waals surface area contributed by atoms with E-state index < -0.39 is 0 Å². The molecule has 0 unspecified atom stereocenters. The Morgan fingerprint density at radius 1 is 1.60 bits per heavy atom. The van der Waals surface area contributed by atoms with Crippen LogP contribution in [0.1, 0.15) is 5.69 Å². The molecule has 1 heterocycles. The van der Waals surface area contributed by atoms with Gasteiger partial charge in [0, 0.05) is 25.0 Å². The van der Waals surface area contributed by atoms with Crippen molar-refractivity contribution in [3.63, 3.8) is 0 Å². The summed E-state index contributed by atoms with van der Waals surface area (Å²) >= 11 is 0.